The molecule has 0 aliphatic rings. The van der Waals surface area contributed by atoms with Gasteiger partial charge in [-0.15, -0.1) is 0 Å². The average molecular weight is 459 g/mol. The topological polar surface area (TPSA) is 94.6 Å². The maximum atomic E-state index is 12.4. The van der Waals surface area contributed by atoms with Crippen LogP contribution >= 0.6 is 0 Å². The van der Waals surface area contributed by atoms with Crippen LogP contribution in [0.4, 0.5) is 0 Å². The van der Waals surface area contributed by atoms with E-state index in [-0.39, 0.29) is 0 Å². The number of aliphatic carboxylic acids is 1. The number of benzene rings is 3. The van der Waals surface area contributed by atoms with Gasteiger partial charge in [-0.05, 0) is 55.2 Å². The minimum absolute atomic E-state index is 0.393. The first-order chi connectivity index (χ1) is 16.4. The van der Waals surface area contributed by atoms with Gasteiger partial charge in [-0.3, -0.25) is 4.79 Å². The molecule has 1 amide bonds. The lowest BCUT2D eigenvalue weighted by Gasteiger charge is -2.12. The minimum Gasteiger partial charge on any atom is -0.481 e. The number of nitrogens with two attached hydrogens (primary N) is 1. The van der Waals surface area contributed by atoms with Crippen molar-refractivity contribution in [2.75, 3.05) is 6.61 Å². The van der Waals surface area contributed by atoms with Gasteiger partial charge < -0.3 is 20.1 Å². The highest BCUT2D eigenvalue weighted by Gasteiger charge is 2.21. The van der Waals surface area contributed by atoms with Crippen molar-refractivity contribution in [3.63, 3.8) is 0 Å². The zero-order chi connectivity index (χ0) is 24.2. The number of fused-ring (bicyclic) bond motifs is 3. The van der Waals surface area contributed by atoms with E-state index in [1.165, 1.54) is 5.56 Å². The van der Waals surface area contributed by atoms with Gasteiger partial charge in [0.2, 0.25) is 5.91 Å². The summed E-state index contributed by atoms with van der Waals surface area (Å²) in [6.07, 6.45) is 4.12. The van der Waals surface area contributed by atoms with Crippen LogP contribution in [0.1, 0.15) is 53.2 Å². The van der Waals surface area contributed by atoms with Gasteiger partial charge >= 0.3 is 5.97 Å². The molecule has 0 radical (unpaired) electrons. The fraction of sp³-hybridized carbons (Fsp3) is 0.286. The lowest BCUT2D eigenvalue weighted by Crippen LogP contribution is -2.12. The number of carbonyl (C=O) groups is 2. The van der Waals surface area contributed by atoms with Crippen LogP contribution < -0.4 is 10.5 Å². The summed E-state index contributed by atoms with van der Waals surface area (Å²) in [5.41, 5.74) is 11.3. The Labute approximate surface area is 198 Å². The van der Waals surface area contributed by atoms with Gasteiger partial charge in [-0.2, -0.15) is 0 Å². The number of carboxylic acid groups (broad SMARTS) is 1. The molecule has 1 heterocycles. The van der Waals surface area contributed by atoms with E-state index in [1.54, 1.807) is 6.07 Å². The largest absolute Gasteiger partial charge is 0.481 e. The van der Waals surface area contributed by atoms with E-state index in [4.69, 9.17) is 10.5 Å². The number of aromatic nitrogens is 1. The highest BCUT2D eigenvalue weighted by molar-refractivity contribution is 6.20. The Morgan fingerprint density at radius 2 is 1.76 bits per heavy atom. The summed E-state index contributed by atoms with van der Waals surface area (Å²) >= 11 is 0. The minimum atomic E-state index is -1.05. The zero-order valence-electron chi connectivity index (χ0n) is 19.6. The van der Waals surface area contributed by atoms with Crippen molar-refractivity contribution in [3.05, 3.63) is 76.9 Å². The van der Waals surface area contributed by atoms with Crippen LogP contribution in [-0.4, -0.2) is 28.2 Å². The molecule has 6 nitrogen and oxygen atoms in total. The Hall–Kier alpha value is -3.80. The summed E-state index contributed by atoms with van der Waals surface area (Å²) in [5.74, 6) is -1.12. The van der Waals surface area contributed by atoms with Gasteiger partial charge in [-0.25, -0.2) is 4.79 Å². The van der Waals surface area contributed by atoms with E-state index in [0.29, 0.717) is 23.2 Å². The molecule has 0 unspecified atom stereocenters. The summed E-state index contributed by atoms with van der Waals surface area (Å²) in [6, 6.07) is 17.9. The number of primary amides is 1. The molecule has 4 aromatic rings. The van der Waals surface area contributed by atoms with Crippen molar-refractivity contribution in [2.45, 2.75) is 46.1 Å². The van der Waals surface area contributed by atoms with E-state index < -0.39 is 18.5 Å². The van der Waals surface area contributed by atoms with Crippen LogP contribution in [-0.2, 0) is 17.8 Å². The molecule has 0 aliphatic carbocycles. The average Bonchev–Trinajstić information content (AvgIpc) is 3.11. The molecular formula is C28H30N2O4. The van der Waals surface area contributed by atoms with Crippen molar-refractivity contribution in [1.82, 2.24) is 4.57 Å². The Kier molecular flexibility index (Phi) is 6.87. The summed E-state index contributed by atoms with van der Waals surface area (Å²) < 4.78 is 7.96. The first-order valence-electron chi connectivity index (χ1n) is 11.7. The fourth-order valence-corrected chi connectivity index (χ4v) is 4.62. The highest BCUT2D eigenvalue weighted by atomic mass is 16.5. The Morgan fingerprint density at radius 1 is 0.971 bits per heavy atom. The number of rotatable bonds is 10. The molecule has 176 valence electrons. The highest BCUT2D eigenvalue weighted by Crippen LogP contribution is 2.39. The lowest BCUT2D eigenvalue weighted by atomic mass is 10.0. The number of carbonyl (C=O) groups excluding carboxylic acids is 1. The van der Waals surface area contributed by atoms with Crippen molar-refractivity contribution < 1.29 is 19.4 Å². The summed E-state index contributed by atoms with van der Waals surface area (Å²) in [6.45, 7) is 4.36. The second-order valence-corrected chi connectivity index (χ2v) is 8.77. The number of hydrogen-bond acceptors (Lipinski definition) is 3. The quantitative estimate of drug-likeness (QED) is 0.309. The smallest absolute Gasteiger partial charge is 0.341 e. The standard InChI is InChI=1S/C28H30N2O4/c1-3-4-5-9-19-14-23-27(24(15-19)34-17-25(31)32)26-21(28(29)33)11-7-12-22(26)30(23)16-20-10-6-8-18(2)13-20/h6-8,10-15H,3-5,9,16-17H2,1-2H3,(H2,29,33)(H,31,32). The Bertz CT molecular complexity index is 1370. The first-order valence-corrected chi connectivity index (χ1v) is 11.7. The molecule has 6 heteroatoms. The summed E-state index contributed by atoms with van der Waals surface area (Å²) in [5, 5.41) is 10.7. The molecule has 3 aromatic carbocycles. The number of aryl methyl sites for hydroxylation is 2. The predicted octanol–water partition coefficient (Wildman–Crippen LogP) is 5.45. The normalized spacial score (nSPS) is 11.2. The number of nitrogens with zero attached hydrogens (tertiary/aromatic N) is 1. The lowest BCUT2D eigenvalue weighted by molar-refractivity contribution is -0.139. The zero-order valence-corrected chi connectivity index (χ0v) is 19.6. The fourth-order valence-electron chi connectivity index (χ4n) is 4.62. The molecule has 34 heavy (non-hydrogen) atoms. The van der Waals surface area contributed by atoms with Crippen molar-refractivity contribution in [2.24, 2.45) is 5.73 Å². The van der Waals surface area contributed by atoms with Crippen molar-refractivity contribution in [1.29, 1.82) is 0 Å². The second-order valence-electron chi connectivity index (χ2n) is 8.77. The first kappa shape index (κ1) is 23.4. The third-order valence-corrected chi connectivity index (χ3v) is 6.12. The van der Waals surface area contributed by atoms with Gasteiger partial charge in [0.25, 0.3) is 0 Å². The number of amides is 1. The molecule has 4 rings (SSSR count). The molecule has 3 N–H and O–H groups in total. The van der Waals surface area contributed by atoms with Gasteiger partial charge in [-0.1, -0.05) is 55.7 Å². The molecular weight excluding hydrogens is 428 g/mol. The molecule has 0 bridgehead atoms. The van der Waals surface area contributed by atoms with Crippen LogP contribution in [0.2, 0.25) is 0 Å². The molecule has 0 aliphatic heterocycles. The number of ether oxygens (including phenoxy) is 1. The third-order valence-electron chi connectivity index (χ3n) is 6.12. The van der Waals surface area contributed by atoms with E-state index in [9.17, 15) is 14.7 Å². The summed E-state index contributed by atoms with van der Waals surface area (Å²) in [7, 11) is 0. The second kappa shape index (κ2) is 10.00. The van der Waals surface area contributed by atoms with Crippen LogP contribution in [0, 0.1) is 6.92 Å². The van der Waals surface area contributed by atoms with E-state index in [1.807, 2.05) is 24.3 Å². The van der Waals surface area contributed by atoms with Crippen LogP contribution in [0.5, 0.6) is 5.75 Å². The predicted molar refractivity (Wildman–Crippen MR) is 135 cm³/mol. The molecule has 0 fully saturated rings. The molecule has 0 saturated carbocycles. The van der Waals surface area contributed by atoms with Crippen LogP contribution in [0.15, 0.2) is 54.6 Å². The van der Waals surface area contributed by atoms with Crippen LogP contribution in [0.25, 0.3) is 21.8 Å². The van der Waals surface area contributed by atoms with Gasteiger partial charge in [0.05, 0.1) is 16.4 Å². The SMILES string of the molecule is CCCCCc1cc(OCC(=O)O)c2c3c(C(N)=O)cccc3n(Cc3cccc(C)c3)c2c1. The number of unbranched alkanes of at least 4 members (excludes halogenated alkanes) is 2. The maximum absolute atomic E-state index is 12.4. The van der Waals surface area contributed by atoms with E-state index in [0.717, 1.165) is 53.2 Å². The monoisotopic (exact) mass is 458 g/mol. The van der Waals surface area contributed by atoms with Gasteiger partial charge in [0.1, 0.15) is 5.75 Å². The molecule has 0 saturated heterocycles. The Balaban J connectivity index is 2.01. The van der Waals surface area contributed by atoms with Gasteiger partial charge in [0, 0.05) is 17.5 Å². The number of carboxylic acids is 1. The van der Waals surface area contributed by atoms with E-state index in [2.05, 4.69) is 42.7 Å². The molecule has 0 spiro atoms. The molecule has 1 aromatic heterocycles. The summed E-state index contributed by atoms with van der Waals surface area (Å²) in [4.78, 5) is 23.7. The van der Waals surface area contributed by atoms with E-state index >= 15 is 0 Å². The van der Waals surface area contributed by atoms with Crippen molar-refractivity contribution >= 4 is 33.7 Å². The van der Waals surface area contributed by atoms with Gasteiger partial charge in [0.15, 0.2) is 6.61 Å². The van der Waals surface area contributed by atoms with Crippen molar-refractivity contribution in [3.8, 4) is 5.75 Å². The Morgan fingerprint density at radius 3 is 2.47 bits per heavy atom. The third kappa shape index (κ3) is 4.76. The molecule has 0 atom stereocenters. The van der Waals surface area contributed by atoms with Crippen LogP contribution in [0.3, 0.4) is 0 Å². The number of hydrogen-bond donors (Lipinski definition) is 2. The maximum Gasteiger partial charge on any atom is 0.341 e.